The van der Waals surface area contributed by atoms with Gasteiger partial charge in [0.05, 0.1) is 0 Å². The minimum Gasteiger partial charge on any atom is -0.299 e. The van der Waals surface area contributed by atoms with Gasteiger partial charge in [0.2, 0.25) is 0 Å². The van der Waals surface area contributed by atoms with Crippen LogP contribution in [0.15, 0.2) is 30.3 Å². The summed E-state index contributed by atoms with van der Waals surface area (Å²) < 4.78 is 0. The third-order valence-electron chi connectivity index (χ3n) is 4.80. The van der Waals surface area contributed by atoms with Crippen LogP contribution in [0.2, 0.25) is 0 Å². The number of carbonyl (C=O) groups is 1. The number of ketones is 1. The van der Waals surface area contributed by atoms with Crippen molar-refractivity contribution in [3.63, 3.8) is 0 Å². The van der Waals surface area contributed by atoms with Crippen molar-refractivity contribution in [2.45, 2.75) is 44.9 Å². The molecule has 0 bridgehead atoms. The standard InChI is InChI=1S/C17H22O/c1-12-7-9-14(10-8-12)17(18)16-11-15(16)13-5-3-2-4-6-13/h2-6,12,14-16H,7-11H2,1H3. The first-order valence-electron chi connectivity index (χ1n) is 7.34. The van der Waals surface area contributed by atoms with Gasteiger partial charge < -0.3 is 0 Å². The van der Waals surface area contributed by atoms with E-state index in [-0.39, 0.29) is 0 Å². The van der Waals surface area contributed by atoms with Crippen LogP contribution in [0.4, 0.5) is 0 Å². The van der Waals surface area contributed by atoms with Gasteiger partial charge in [-0.1, -0.05) is 50.1 Å². The van der Waals surface area contributed by atoms with Gasteiger partial charge in [0.25, 0.3) is 0 Å². The molecule has 18 heavy (non-hydrogen) atoms. The molecule has 2 saturated carbocycles. The zero-order chi connectivity index (χ0) is 12.5. The Hall–Kier alpha value is -1.11. The largest absolute Gasteiger partial charge is 0.299 e. The monoisotopic (exact) mass is 242 g/mol. The maximum atomic E-state index is 12.5. The summed E-state index contributed by atoms with van der Waals surface area (Å²) >= 11 is 0. The van der Waals surface area contributed by atoms with Crippen molar-refractivity contribution in [1.82, 2.24) is 0 Å². The van der Waals surface area contributed by atoms with Crippen molar-refractivity contribution in [3.05, 3.63) is 35.9 Å². The molecule has 2 unspecified atom stereocenters. The van der Waals surface area contributed by atoms with Crippen molar-refractivity contribution in [2.24, 2.45) is 17.8 Å². The molecule has 0 heterocycles. The van der Waals surface area contributed by atoms with E-state index in [1.165, 1.54) is 18.4 Å². The zero-order valence-corrected chi connectivity index (χ0v) is 11.1. The number of hydrogen-bond acceptors (Lipinski definition) is 1. The van der Waals surface area contributed by atoms with Crippen LogP contribution in [0, 0.1) is 17.8 Å². The van der Waals surface area contributed by atoms with E-state index >= 15 is 0 Å². The Morgan fingerprint density at radius 2 is 1.72 bits per heavy atom. The highest BCUT2D eigenvalue weighted by Crippen LogP contribution is 2.50. The SMILES string of the molecule is CC1CCC(C(=O)C2CC2c2ccccc2)CC1. The van der Waals surface area contributed by atoms with Crippen LogP contribution < -0.4 is 0 Å². The Kier molecular flexibility index (Phi) is 3.23. The summed E-state index contributed by atoms with van der Waals surface area (Å²) in [5.41, 5.74) is 1.36. The van der Waals surface area contributed by atoms with Crippen LogP contribution in [0.25, 0.3) is 0 Å². The van der Waals surface area contributed by atoms with E-state index in [0.29, 0.717) is 23.5 Å². The van der Waals surface area contributed by atoms with Crippen molar-refractivity contribution in [3.8, 4) is 0 Å². The highest BCUT2D eigenvalue weighted by atomic mass is 16.1. The Labute approximate surface area is 110 Å². The molecule has 1 nitrogen and oxygen atoms in total. The zero-order valence-electron chi connectivity index (χ0n) is 11.1. The fraction of sp³-hybridized carbons (Fsp3) is 0.588. The first-order chi connectivity index (χ1) is 8.75. The van der Waals surface area contributed by atoms with Gasteiger partial charge in [-0.25, -0.2) is 0 Å². The number of hydrogen-bond donors (Lipinski definition) is 0. The van der Waals surface area contributed by atoms with Gasteiger partial charge in [-0.15, -0.1) is 0 Å². The molecule has 0 spiro atoms. The average molecular weight is 242 g/mol. The van der Waals surface area contributed by atoms with Crippen LogP contribution in [-0.4, -0.2) is 5.78 Å². The van der Waals surface area contributed by atoms with Crippen LogP contribution >= 0.6 is 0 Å². The van der Waals surface area contributed by atoms with E-state index in [2.05, 4.69) is 31.2 Å². The third-order valence-corrected chi connectivity index (χ3v) is 4.80. The highest BCUT2D eigenvalue weighted by Gasteiger charge is 2.45. The van der Waals surface area contributed by atoms with Gasteiger partial charge in [-0.3, -0.25) is 4.79 Å². The molecule has 2 aliphatic carbocycles. The van der Waals surface area contributed by atoms with Crippen LogP contribution in [0.3, 0.4) is 0 Å². The fourth-order valence-electron chi connectivity index (χ4n) is 3.43. The lowest BCUT2D eigenvalue weighted by molar-refractivity contribution is -0.125. The molecule has 2 fully saturated rings. The molecular formula is C17H22O. The summed E-state index contributed by atoms with van der Waals surface area (Å²) in [4.78, 5) is 12.5. The van der Waals surface area contributed by atoms with Crippen molar-refractivity contribution in [1.29, 1.82) is 0 Å². The van der Waals surface area contributed by atoms with Crippen molar-refractivity contribution >= 4 is 5.78 Å². The Balaban J connectivity index is 1.59. The average Bonchev–Trinajstić information content (AvgIpc) is 3.20. The topological polar surface area (TPSA) is 17.1 Å². The maximum Gasteiger partial charge on any atom is 0.139 e. The summed E-state index contributed by atoms with van der Waals surface area (Å²) in [5.74, 6) is 2.64. The lowest BCUT2D eigenvalue weighted by atomic mass is 9.79. The quantitative estimate of drug-likeness (QED) is 0.777. The Morgan fingerprint density at radius 1 is 1.06 bits per heavy atom. The molecule has 1 aromatic rings. The first kappa shape index (κ1) is 12.0. The van der Waals surface area contributed by atoms with Gasteiger partial charge in [0.1, 0.15) is 5.78 Å². The van der Waals surface area contributed by atoms with Crippen molar-refractivity contribution < 1.29 is 4.79 Å². The van der Waals surface area contributed by atoms with E-state index in [9.17, 15) is 4.79 Å². The lowest BCUT2D eigenvalue weighted by Gasteiger charge is -2.25. The molecule has 0 amide bonds. The van der Waals surface area contributed by atoms with Crippen LogP contribution in [-0.2, 0) is 4.79 Å². The van der Waals surface area contributed by atoms with E-state index in [4.69, 9.17) is 0 Å². The number of carbonyl (C=O) groups excluding carboxylic acids is 1. The van der Waals surface area contributed by atoms with E-state index in [1.807, 2.05) is 6.07 Å². The molecule has 2 aliphatic rings. The molecular weight excluding hydrogens is 220 g/mol. The predicted octanol–water partition coefficient (Wildman–Crippen LogP) is 4.19. The minimum absolute atomic E-state index is 0.339. The summed E-state index contributed by atoms with van der Waals surface area (Å²) in [6.45, 7) is 2.31. The second kappa shape index (κ2) is 4.87. The fourth-order valence-corrected chi connectivity index (χ4v) is 3.43. The van der Waals surface area contributed by atoms with Gasteiger partial charge in [0, 0.05) is 11.8 Å². The number of Topliss-reactive ketones (excluding diaryl/α,β-unsaturated/α-hetero) is 1. The van der Waals surface area contributed by atoms with E-state index < -0.39 is 0 Å². The van der Waals surface area contributed by atoms with Gasteiger partial charge in [0.15, 0.2) is 0 Å². The normalized spacial score (nSPS) is 35.2. The molecule has 2 atom stereocenters. The number of rotatable bonds is 3. The maximum absolute atomic E-state index is 12.5. The second-order valence-corrected chi connectivity index (χ2v) is 6.22. The molecule has 1 heteroatoms. The molecule has 1 aromatic carbocycles. The summed E-state index contributed by atoms with van der Waals surface area (Å²) in [5, 5.41) is 0. The smallest absolute Gasteiger partial charge is 0.139 e. The van der Waals surface area contributed by atoms with Crippen LogP contribution in [0.1, 0.15) is 50.5 Å². The van der Waals surface area contributed by atoms with Gasteiger partial charge >= 0.3 is 0 Å². The molecule has 3 rings (SSSR count). The van der Waals surface area contributed by atoms with Gasteiger partial charge in [-0.05, 0) is 36.7 Å². The molecule has 0 saturated heterocycles. The summed E-state index contributed by atoms with van der Waals surface area (Å²) in [6, 6.07) is 10.5. The molecule has 0 aliphatic heterocycles. The molecule has 0 aromatic heterocycles. The lowest BCUT2D eigenvalue weighted by Crippen LogP contribution is -2.22. The van der Waals surface area contributed by atoms with Crippen LogP contribution in [0.5, 0.6) is 0 Å². The predicted molar refractivity (Wildman–Crippen MR) is 73.4 cm³/mol. The summed E-state index contributed by atoms with van der Waals surface area (Å²) in [7, 11) is 0. The van der Waals surface area contributed by atoms with E-state index in [0.717, 1.165) is 25.2 Å². The Bertz CT molecular complexity index is 414. The van der Waals surface area contributed by atoms with Gasteiger partial charge in [-0.2, -0.15) is 0 Å². The molecule has 0 N–H and O–H groups in total. The van der Waals surface area contributed by atoms with Crippen molar-refractivity contribution in [2.75, 3.05) is 0 Å². The Morgan fingerprint density at radius 3 is 2.39 bits per heavy atom. The minimum atomic E-state index is 0.339. The highest BCUT2D eigenvalue weighted by molar-refractivity contribution is 5.87. The molecule has 96 valence electrons. The first-order valence-corrected chi connectivity index (χ1v) is 7.34. The van der Waals surface area contributed by atoms with E-state index in [1.54, 1.807) is 0 Å². The second-order valence-electron chi connectivity index (χ2n) is 6.22. The third kappa shape index (κ3) is 2.36. The molecule has 0 radical (unpaired) electrons. The number of benzene rings is 1. The summed E-state index contributed by atoms with van der Waals surface area (Å²) in [6.07, 6.45) is 5.86.